The number of hydrogen-bond donors (Lipinski definition) is 3. The molecule has 0 saturated carbocycles. The van der Waals surface area contributed by atoms with Crippen LogP contribution < -0.4 is 10.7 Å². The summed E-state index contributed by atoms with van der Waals surface area (Å²) in [6.45, 7) is 0.0209. The molecule has 2 amide bonds. The number of nitrogens with zero attached hydrogens (tertiary/aromatic N) is 2. The van der Waals surface area contributed by atoms with E-state index in [2.05, 4.69) is 5.32 Å². The number of benzene rings is 1. The van der Waals surface area contributed by atoms with E-state index in [1.807, 2.05) is 0 Å². The molecule has 3 heterocycles. The van der Waals surface area contributed by atoms with Crippen molar-refractivity contribution in [2.45, 2.75) is 38.4 Å². The van der Waals surface area contributed by atoms with Crippen molar-refractivity contribution in [3.63, 3.8) is 0 Å². The van der Waals surface area contributed by atoms with Crippen molar-refractivity contribution in [3.8, 4) is 5.75 Å². The van der Waals surface area contributed by atoms with E-state index in [9.17, 15) is 32.7 Å². The average Bonchev–Trinajstić information content (AvgIpc) is 2.76. The largest absolute Gasteiger partial charge is 0.503 e. The average molecular weight is 462 g/mol. The van der Waals surface area contributed by atoms with Crippen LogP contribution in [-0.4, -0.2) is 45.2 Å². The molecule has 8 nitrogen and oxygen atoms in total. The zero-order chi connectivity index (χ0) is 23.9. The van der Waals surface area contributed by atoms with Gasteiger partial charge in [-0.05, 0) is 31.4 Å². The highest BCUT2D eigenvalue weighted by atomic mass is 19.1. The van der Waals surface area contributed by atoms with Crippen LogP contribution in [0.5, 0.6) is 5.75 Å². The first-order chi connectivity index (χ1) is 15.7. The minimum absolute atomic E-state index is 0.0247. The Kier molecular flexibility index (Phi) is 5.96. The lowest BCUT2D eigenvalue weighted by Gasteiger charge is -2.45. The van der Waals surface area contributed by atoms with Crippen LogP contribution >= 0.6 is 0 Å². The number of piperidine rings is 1. The number of amides is 2. The lowest BCUT2D eigenvalue weighted by atomic mass is 9.85. The number of carbonyl (C=O) groups is 2. The normalized spacial score (nSPS) is 19.6. The van der Waals surface area contributed by atoms with E-state index in [1.54, 1.807) is 4.90 Å². The van der Waals surface area contributed by atoms with E-state index in [0.717, 1.165) is 19.0 Å². The van der Waals surface area contributed by atoms with Gasteiger partial charge in [0.2, 0.25) is 5.43 Å². The number of nitrogens with one attached hydrogen (secondary N) is 2. The number of carbonyl (C=O) groups excluding carboxylic acids is 2. The summed E-state index contributed by atoms with van der Waals surface area (Å²) >= 11 is 0. The molecule has 1 fully saturated rings. The van der Waals surface area contributed by atoms with Gasteiger partial charge in [-0.25, -0.2) is 13.2 Å². The molecule has 0 spiro atoms. The van der Waals surface area contributed by atoms with Crippen LogP contribution in [0, 0.1) is 28.8 Å². The SMILES string of the molecule is N=CC[C@H]1CCCN2C(=O)c3c(O)c(=O)c(C(=O)NCc4c(F)cc(F)cc4F)cn3C[C@H]12. The molecule has 3 N–H and O–H groups in total. The van der Waals surface area contributed by atoms with E-state index >= 15 is 0 Å². The summed E-state index contributed by atoms with van der Waals surface area (Å²) in [5.41, 5.74) is -2.40. The van der Waals surface area contributed by atoms with E-state index in [0.29, 0.717) is 25.1 Å². The quantitative estimate of drug-likeness (QED) is 0.591. The number of halogens is 3. The highest BCUT2D eigenvalue weighted by molar-refractivity contribution is 5.99. The molecule has 2 aliphatic rings. The molecule has 0 radical (unpaired) electrons. The fourth-order valence-electron chi connectivity index (χ4n) is 4.59. The van der Waals surface area contributed by atoms with Crippen LogP contribution in [0.4, 0.5) is 13.2 Å². The summed E-state index contributed by atoms with van der Waals surface area (Å²) in [7, 11) is 0. The number of aromatic hydroxyl groups is 1. The Balaban J connectivity index is 1.64. The minimum atomic E-state index is -1.20. The fraction of sp³-hybridized carbons (Fsp3) is 0.364. The zero-order valence-corrected chi connectivity index (χ0v) is 17.4. The molecule has 1 aromatic carbocycles. The van der Waals surface area contributed by atoms with E-state index in [4.69, 9.17) is 5.41 Å². The Hall–Kier alpha value is -3.63. The number of rotatable bonds is 5. The number of fused-ring (bicyclic) bond motifs is 2. The summed E-state index contributed by atoms with van der Waals surface area (Å²) in [4.78, 5) is 39.8. The second-order valence-electron chi connectivity index (χ2n) is 8.16. The van der Waals surface area contributed by atoms with Crippen LogP contribution in [0.3, 0.4) is 0 Å². The number of aromatic nitrogens is 1. The molecule has 174 valence electrons. The van der Waals surface area contributed by atoms with Crippen molar-refractivity contribution >= 4 is 18.0 Å². The lowest BCUT2D eigenvalue weighted by molar-refractivity contribution is 0.0367. The van der Waals surface area contributed by atoms with Crippen LogP contribution in [0.25, 0.3) is 0 Å². The topological polar surface area (TPSA) is 115 Å². The van der Waals surface area contributed by atoms with Crippen LogP contribution in [-0.2, 0) is 13.1 Å². The predicted molar refractivity (Wildman–Crippen MR) is 111 cm³/mol. The number of hydrogen-bond acceptors (Lipinski definition) is 5. The molecule has 1 aromatic heterocycles. The van der Waals surface area contributed by atoms with Gasteiger partial charge in [0, 0.05) is 43.5 Å². The second-order valence-corrected chi connectivity index (χ2v) is 8.16. The maximum absolute atomic E-state index is 13.8. The fourth-order valence-corrected chi connectivity index (χ4v) is 4.59. The van der Waals surface area contributed by atoms with Gasteiger partial charge >= 0.3 is 0 Å². The van der Waals surface area contributed by atoms with E-state index < -0.39 is 58.1 Å². The summed E-state index contributed by atoms with van der Waals surface area (Å²) in [5, 5.41) is 20.1. The van der Waals surface area contributed by atoms with Crippen molar-refractivity contribution < 1.29 is 27.9 Å². The first kappa shape index (κ1) is 22.6. The van der Waals surface area contributed by atoms with Gasteiger partial charge in [-0.1, -0.05) is 0 Å². The smallest absolute Gasteiger partial charge is 0.274 e. The maximum atomic E-state index is 13.8. The van der Waals surface area contributed by atoms with Gasteiger partial charge in [0.25, 0.3) is 11.8 Å². The molecule has 2 atom stereocenters. The van der Waals surface area contributed by atoms with Gasteiger partial charge in [0.15, 0.2) is 11.4 Å². The lowest BCUT2D eigenvalue weighted by Crippen LogP contribution is -2.55. The maximum Gasteiger partial charge on any atom is 0.274 e. The van der Waals surface area contributed by atoms with Gasteiger partial charge < -0.3 is 25.3 Å². The monoisotopic (exact) mass is 462 g/mol. The molecule has 2 aliphatic heterocycles. The first-order valence-electron chi connectivity index (χ1n) is 10.4. The van der Waals surface area contributed by atoms with E-state index in [1.165, 1.54) is 10.8 Å². The molecule has 2 aromatic rings. The van der Waals surface area contributed by atoms with Crippen molar-refractivity contribution in [2.24, 2.45) is 5.92 Å². The summed E-state index contributed by atoms with van der Waals surface area (Å²) < 4.78 is 42.1. The first-order valence-corrected chi connectivity index (χ1v) is 10.4. The van der Waals surface area contributed by atoms with E-state index in [-0.39, 0.29) is 24.2 Å². The van der Waals surface area contributed by atoms with Crippen LogP contribution in [0.2, 0.25) is 0 Å². The van der Waals surface area contributed by atoms with Gasteiger partial charge in [-0.15, -0.1) is 0 Å². The van der Waals surface area contributed by atoms with Gasteiger partial charge in [-0.2, -0.15) is 0 Å². The molecular formula is C22H21F3N4O4. The highest BCUT2D eigenvalue weighted by Gasteiger charge is 2.41. The highest BCUT2D eigenvalue weighted by Crippen LogP contribution is 2.33. The Labute approximate surface area is 186 Å². The number of pyridine rings is 1. The van der Waals surface area contributed by atoms with Gasteiger partial charge in [0.1, 0.15) is 23.0 Å². The van der Waals surface area contributed by atoms with Crippen LogP contribution in [0.15, 0.2) is 23.1 Å². The third-order valence-electron chi connectivity index (χ3n) is 6.22. The molecule has 1 saturated heterocycles. The predicted octanol–water partition coefficient (Wildman–Crippen LogP) is 2.18. The molecule has 33 heavy (non-hydrogen) atoms. The Bertz CT molecular complexity index is 1190. The minimum Gasteiger partial charge on any atom is -0.503 e. The van der Waals surface area contributed by atoms with Crippen LogP contribution in [0.1, 0.15) is 45.7 Å². The summed E-state index contributed by atoms with van der Waals surface area (Å²) in [6.07, 6.45) is 4.45. The molecular weight excluding hydrogens is 441 g/mol. The molecule has 0 unspecified atom stereocenters. The standard InChI is InChI=1S/C22H21F3N4O4/c23-12-6-15(24)13(16(25)7-12)8-27-21(32)14-9-28-10-17-11(3-4-26)2-1-5-29(17)22(33)18(28)20(31)19(14)30/h4,6-7,9,11,17,26,31H,1-3,5,8,10H2,(H,27,32)/t11-,17-/m1/s1. The Morgan fingerprint density at radius 1 is 1.24 bits per heavy atom. The van der Waals surface area contributed by atoms with Gasteiger partial charge in [0.05, 0.1) is 6.04 Å². The van der Waals surface area contributed by atoms with Crippen molar-refractivity contribution in [1.29, 1.82) is 5.41 Å². The van der Waals surface area contributed by atoms with Crippen molar-refractivity contribution in [3.05, 3.63) is 62.8 Å². The Morgan fingerprint density at radius 3 is 2.61 bits per heavy atom. The van der Waals surface area contributed by atoms with Gasteiger partial charge in [-0.3, -0.25) is 14.4 Å². The third-order valence-corrected chi connectivity index (χ3v) is 6.22. The molecule has 11 heteroatoms. The summed E-state index contributed by atoms with van der Waals surface area (Å²) in [5.74, 6) is -5.89. The molecule has 4 rings (SSSR count). The summed E-state index contributed by atoms with van der Waals surface area (Å²) in [6, 6.07) is 0.674. The second kappa shape index (κ2) is 8.72. The van der Waals surface area contributed by atoms with Crippen molar-refractivity contribution in [1.82, 2.24) is 14.8 Å². The van der Waals surface area contributed by atoms with Crippen molar-refractivity contribution in [2.75, 3.05) is 6.54 Å². The molecule has 0 bridgehead atoms. The third kappa shape index (κ3) is 3.98. The Morgan fingerprint density at radius 2 is 1.94 bits per heavy atom. The zero-order valence-electron chi connectivity index (χ0n) is 17.4. The molecule has 0 aliphatic carbocycles.